The Labute approximate surface area is 204 Å². The topological polar surface area (TPSA) is 105 Å². The number of rotatable bonds is 6. The number of aromatic nitrogens is 3. The Morgan fingerprint density at radius 1 is 1.11 bits per heavy atom. The number of benzene rings is 1. The number of nitrogens with one attached hydrogen (secondary N) is 1. The fourth-order valence-corrected chi connectivity index (χ4v) is 5.65. The average Bonchev–Trinajstić information content (AvgIpc) is 3.25. The second-order valence-electron chi connectivity index (χ2n) is 8.34. The van der Waals surface area contributed by atoms with Crippen LogP contribution in [0.15, 0.2) is 59.9 Å². The molecule has 0 bridgehead atoms. The predicted molar refractivity (Wildman–Crippen MR) is 120 cm³/mol. The minimum absolute atomic E-state index is 0.0313. The quantitative estimate of drug-likeness (QED) is 0.497. The molecule has 190 valence electrons. The molecule has 0 aliphatic carbocycles. The smallest absolute Gasteiger partial charge is 0.351 e. The maximum atomic E-state index is 13.3. The molecule has 0 unspecified atom stereocenters. The number of hydrogen-bond acceptors (Lipinski definition) is 6. The summed E-state index contributed by atoms with van der Waals surface area (Å²) in [6, 6.07) is 6.63. The Kier molecular flexibility index (Phi) is 7.05. The Bertz CT molecular complexity index is 1350. The maximum absolute atomic E-state index is 13.3. The van der Waals surface area contributed by atoms with Crippen molar-refractivity contribution in [2.75, 3.05) is 6.54 Å². The summed E-state index contributed by atoms with van der Waals surface area (Å²) in [5.41, 5.74) is 1.16. The highest BCUT2D eigenvalue weighted by atomic mass is 32.2. The maximum Gasteiger partial charge on any atom is 0.451 e. The second-order valence-corrected chi connectivity index (χ2v) is 10.2. The van der Waals surface area contributed by atoms with Crippen LogP contribution in [0, 0.1) is 11.7 Å². The first kappa shape index (κ1) is 25.6. The molecule has 1 saturated heterocycles. The van der Waals surface area contributed by atoms with Gasteiger partial charge in [-0.25, -0.2) is 22.8 Å². The molecular formula is C23H21F4N5O3S. The molecule has 1 aliphatic heterocycles. The number of nitrogens with zero attached hydrogens (tertiary/aromatic N) is 4. The third-order valence-corrected chi connectivity index (χ3v) is 7.73. The summed E-state index contributed by atoms with van der Waals surface area (Å²) >= 11 is 0. The summed E-state index contributed by atoms with van der Waals surface area (Å²) in [7, 11) is -4.02. The van der Waals surface area contributed by atoms with Gasteiger partial charge in [-0.1, -0.05) is 6.92 Å². The van der Waals surface area contributed by atoms with Crippen LogP contribution in [-0.2, 0) is 27.5 Å². The number of carbonyl (C=O) groups is 1. The van der Waals surface area contributed by atoms with Crippen molar-refractivity contribution in [3.63, 3.8) is 0 Å². The van der Waals surface area contributed by atoms with E-state index in [9.17, 15) is 30.8 Å². The van der Waals surface area contributed by atoms with Crippen LogP contribution in [0.5, 0.6) is 0 Å². The third-order valence-electron chi connectivity index (χ3n) is 5.84. The Balaban J connectivity index is 1.47. The van der Waals surface area contributed by atoms with Crippen LogP contribution in [0.3, 0.4) is 0 Å². The molecule has 1 aromatic carbocycles. The normalized spacial score (nSPS) is 18.8. The summed E-state index contributed by atoms with van der Waals surface area (Å²) in [6.45, 7) is 1.95. The lowest BCUT2D eigenvalue weighted by Crippen LogP contribution is -2.47. The molecule has 36 heavy (non-hydrogen) atoms. The van der Waals surface area contributed by atoms with Gasteiger partial charge in [0.1, 0.15) is 11.9 Å². The highest BCUT2D eigenvalue weighted by molar-refractivity contribution is 7.89. The van der Waals surface area contributed by atoms with Gasteiger partial charge in [-0.3, -0.25) is 9.78 Å². The molecule has 0 spiro atoms. The molecule has 1 N–H and O–H groups in total. The zero-order valence-corrected chi connectivity index (χ0v) is 19.7. The first-order chi connectivity index (χ1) is 17.0. The lowest BCUT2D eigenvalue weighted by molar-refractivity contribution is -0.145. The van der Waals surface area contributed by atoms with E-state index in [1.165, 1.54) is 6.20 Å². The Hall–Kier alpha value is -3.45. The van der Waals surface area contributed by atoms with E-state index < -0.39 is 39.8 Å². The van der Waals surface area contributed by atoms with E-state index in [0.717, 1.165) is 41.0 Å². The second kappa shape index (κ2) is 9.90. The van der Waals surface area contributed by atoms with Crippen LogP contribution in [0.2, 0.25) is 0 Å². The molecule has 13 heteroatoms. The first-order valence-electron chi connectivity index (χ1n) is 10.9. The van der Waals surface area contributed by atoms with Crippen molar-refractivity contribution in [1.29, 1.82) is 0 Å². The number of amides is 1. The van der Waals surface area contributed by atoms with Gasteiger partial charge in [0.15, 0.2) is 0 Å². The van der Waals surface area contributed by atoms with E-state index in [2.05, 4.69) is 20.3 Å². The molecule has 1 amide bonds. The summed E-state index contributed by atoms with van der Waals surface area (Å²) in [4.78, 5) is 23.7. The number of pyridine rings is 1. The number of hydrogen-bond donors (Lipinski definition) is 1. The fraction of sp³-hybridized carbons (Fsp3) is 0.304. The van der Waals surface area contributed by atoms with Crippen molar-refractivity contribution in [2.45, 2.75) is 37.0 Å². The van der Waals surface area contributed by atoms with Crippen LogP contribution in [0.4, 0.5) is 17.6 Å². The largest absolute Gasteiger partial charge is 0.451 e. The number of halogens is 4. The van der Waals surface area contributed by atoms with Gasteiger partial charge < -0.3 is 5.32 Å². The molecule has 0 saturated carbocycles. The van der Waals surface area contributed by atoms with Gasteiger partial charge in [0.25, 0.3) is 0 Å². The summed E-state index contributed by atoms with van der Waals surface area (Å²) in [5, 5.41) is 2.73. The van der Waals surface area contributed by atoms with Crippen molar-refractivity contribution in [1.82, 2.24) is 24.6 Å². The van der Waals surface area contributed by atoms with Crippen molar-refractivity contribution < 1.29 is 30.8 Å². The lowest BCUT2D eigenvalue weighted by Gasteiger charge is -2.25. The number of sulfonamides is 1. The molecule has 2 atom stereocenters. The van der Waals surface area contributed by atoms with Gasteiger partial charge in [0.05, 0.1) is 10.6 Å². The van der Waals surface area contributed by atoms with E-state index in [1.54, 1.807) is 19.1 Å². The van der Waals surface area contributed by atoms with E-state index >= 15 is 0 Å². The van der Waals surface area contributed by atoms with E-state index in [4.69, 9.17) is 0 Å². The Morgan fingerprint density at radius 2 is 1.78 bits per heavy atom. The molecule has 8 nitrogen and oxygen atoms in total. The van der Waals surface area contributed by atoms with Gasteiger partial charge >= 0.3 is 6.18 Å². The minimum Gasteiger partial charge on any atom is -0.351 e. The summed E-state index contributed by atoms with van der Waals surface area (Å²) < 4.78 is 78.7. The highest BCUT2D eigenvalue weighted by Crippen LogP contribution is 2.31. The summed E-state index contributed by atoms with van der Waals surface area (Å²) in [5.74, 6) is -2.59. The monoisotopic (exact) mass is 523 g/mol. The van der Waals surface area contributed by atoms with Crippen molar-refractivity contribution >= 4 is 15.9 Å². The lowest BCUT2D eigenvalue weighted by atomic mass is 10.0. The molecule has 2 aromatic heterocycles. The van der Waals surface area contributed by atoms with E-state index in [0.29, 0.717) is 17.7 Å². The van der Waals surface area contributed by atoms with Crippen molar-refractivity contribution in [3.05, 3.63) is 72.2 Å². The predicted octanol–water partition coefficient (Wildman–Crippen LogP) is 3.41. The first-order valence-corrected chi connectivity index (χ1v) is 12.3. The Morgan fingerprint density at radius 3 is 2.42 bits per heavy atom. The SMILES string of the molecule is C[C@H]1CCN(S(=O)(=O)c2ccc(F)cc2)[C@@H]1C(=O)NCc1ccnc(-c2cnc(C(F)(F)F)nc2)c1. The number of carbonyl (C=O) groups excluding carboxylic acids is 1. The van der Waals surface area contributed by atoms with Crippen LogP contribution < -0.4 is 5.32 Å². The highest BCUT2D eigenvalue weighted by Gasteiger charge is 2.43. The van der Waals surface area contributed by atoms with Crippen LogP contribution in [0.1, 0.15) is 24.7 Å². The minimum atomic E-state index is -4.66. The van der Waals surface area contributed by atoms with E-state index in [-0.39, 0.29) is 29.5 Å². The molecule has 1 fully saturated rings. The van der Waals surface area contributed by atoms with Crippen LogP contribution in [0.25, 0.3) is 11.3 Å². The average molecular weight is 524 g/mol. The van der Waals surface area contributed by atoms with Crippen LogP contribution in [-0.4, -0.2) is 46.2 Å². The van der Waals surface area contributed by atoms with Gasteiger partial charge in [-0.2, -0.15) is 17.5 Å². The summed E-state index contributed by atoms with van der Waals surface area (Å²) in [6.07, 6.45) is -0.727. The van der Waals surface area contributed by atoms with Gasteiger partial charge in [0.2, 0.25) is 21.8 Å². The van der Waals surface area contributed by atoms with Gasteiger partial charge in [0, 0.05) is 37.2 Å². The van der Waals surface area contributed by atoms with Crippen molar-refractivity contribution in [2.24, 2.45) is 5.92 Å². The molecule has 0 radical (unpaired) electrons. The molecule has 3 aromatic rings. The molecular weight excluding hydrogens is 502 g/mol. The molecule has 4 rings (SSSR count). The third kappa shape index (κ3) is 5.36. The fourth-order valence-electron chi connectivity index (χ4n) is 3.96. The zero-order chi connectivity index (χ0) is 26.1. The van der Waals surface area contributed by atoms with Gasteiger partial charge in [-0.15, -0.1) is 0 Å². The molecule has 1 aliphatic rings. The van der Waals surface area contributed by atoms with Gasteiger partial charge in [-0.05, 0) is 54.3 Å². The van der Waals surface area contributed by atoms with Crippen LogP contribution >= 0.6 is 0 Å². The molecule has 3 heterocycles. The number of alkyl halides is 3. The zero-order valence-electron chi connectivity index (χ0n) is 18.9. The van der Waals surface area contributed by atoms with E-state index in [1.807, 2.05) is 0 Å². The van der Waals surface area contributed by atoms with Crippen molar-refractivity contribution in [3.8, 4) is 11.3 Å². The standard InChI is InChI=1S/C23H21F4N5O3S/c1-14-7-9-32(36(34,35)18-4-2-17(24)3-5-18)20(14)21(33)29-11-15-6-8-28-19(10-15)16-12-30-22(31-13-16)23(25,26)27/h2-6,8,10,12-14,20H,7,9,11H2,1H3,(H,29,33)/t14-,20-/m0/s1.